The Bertz CT molecular complexity index is 1570. The number of amides is 1. The first-order chi connectivity index (χ1) is 20.8. The molecule has 3 heterocycles. The van der Waals surface area contributed by atoms with Crippen molar-refractivity contribution in [1.82, 2.24) is 14.8 Å². The van der Waals surface area contributed by atoms with Gasteiger partial charge in [0.15, 0.2) is 0 Å². The van der Waals surface area contributed by atoms with Gasteiger partial charge < -0.3 is 14.9 Å². The number of rotatable bonds is 8. The van der Waals surface area contributed by atoms with Crippen LogP contribution in [0.25, 0.3) is 11.1 Å². The second-order valence-corrected chi connectivity index (χ2v) is 13.5. The molecule has 1 amide bonds. The van der Waals surface area contributed by atoms with E-state index in [-0.39, 0.29) is 23.6 Å². The van der Waals surface area contributed by atoms with E-state index in [4.69, 9.17) is 4.98 Å². The highest BCUT2D eigenvalue weighted by atomic mass is 19.1. The molecule has 1 saturated heterocycles. The standard InChI is InChI=1S/C36H45FN4O3/c1-23-17-30(37)10-9-28(23)20-40-14-11-26-18-27(7-8-29(26)21-40)34-32(22-39(6)25(3)42)38-24(2)31(19-33(43)44)35(34)41-15-12-36(4,5)13-16-41/h7-10,17-18H,11-16,19-22H2,1-6H3,(H,43,44). The molecule has 5 rings (SSSR count). The van der Waals surface area contributed by atoms with Crippen molar-refractivity contribution in [3.63, 3.8) is 0 Å². The molecule has 44 heavy (non-hydrogen) atoms. The zero-order valence-electron chi connectivity index (χ0n) is 27.0. The average Bonchev–Trinajstić information content (AvgIpc) is 2.95. The lowest BCUT2D eigenvalue weighted by atomic mass is 9.81. The third-order valence-electron chi connectivity index (χ3n) is 9.52. The van der Waals surface area contributed by atoms with Crippen LogP contribution >= 0.6 is 0 Å². The molecule has 0 atom stereocenters. The molecule has 1 fully saturated rings. The Balaban J connectivity index is 1.57. The molecule has 0 saturated carbocycles. The Morgan fingerprint density at radius 1 is 1.05 bits per heavy atom. The number of anilines is 1. The third kappa shape index (κ3) is 6.96. The van der Waals surface area contributed by atoms with Gasteiger partial charge in [0.25, 0.3) is 0 Å². The number of aryl methyl sites for hydroxylation is 2. The van der Waals surface area contributed by atoms with Gasteiger partial charge in [-0.2, -0.15) is 0 Å². The van der Waals surface area contributed by atoms with E-state index in [1.807, 2.05) is 19.9 Å². The number of benzene rings is 2. The van der Waals surface area contributed by atoms with E-state index >= 15 is 0 Å². The maximum absolute atomic E-state index is 13.7. The summed E-state index contributed by atoms with van der Waals surface area (Å²) in [5, 5.41) is 9.94. The van der Waals surface area contributed by atoms with Crippen LogP contribution in [0.2, 0.25) is 0 Å². The summed E-state index contributed by atoms with van der Waals surface area (Å²) < 4.78 is 13.7. The van der Waals surface area contributed by atoms with Gasteiger partial charge in [0.2, 0.25) is 5.91 Å². The lowest BCUT2D eigenvalue weighted by Crippen LogP contribution is -2.38. The van der Waals surface area contributed by atoms with E-state index in [0.717, 1.165) is 91.2 Å². The maximum atomic E-state index is 13.7. The highest BCUT2D eigenvalue weighted by molar-refractivity contribution is 5.87. The Hall–Kier alpha value is -3.78. The number of fused-ring (bicyclic) bond motifs is 1. The second-order valence-electron chi connectivity index (χ2n) is 13.5. The summed E-state index contributed by atoms with van der Waals surface area (Å²) in [6.45, 7) is 14.4. The van der Waals surface area contributed by atoms with E-state index in [9.17, 15) is 19.1 Å². The van der Waals surface area contributed by atoms with Gasteiger partial charge in [0.1, 0.15) is 5.82 Å². The molecule has 0 unspecified atom stereocenters. The summed E-state index contributed by atoms with van der Waals surface area (Å²) >= 11 is 0. The van der Waals surface area contributed by atoms with Crippen LogP contribution < -0.4 is 4.90 Å². The summed E-state index contributed by atoms with van der Waals surface area (Å²) in [6.07, 6.45) is 2.79. The number of aromatic nitrogens is 1. The van der Waals surface area contributed by atoms with Crippen molar-refractivity contribution in [1.29, 1.82) is 0 Å². The minimum atomic E-state index is -0.880. The number of hydrogen-bond donors (Lipinski definition) is 1. The van der Waals surface area contributed by atoms with Crippen molar-refractivity contribution in [2.75, 3.05) is 31.6 Å². The van der Waals surface area contributed by atoms with Crippen molar-refractivity contribution in [2.45, 2.75) is 79.9 Å². The van der Waals surface area contributed by atoms with Crippen LogP contribution in [0.4, 0.5) is 10.1 Å². The van der Waals surface area contributed by atoms with E-state index < -0.39 is 5.97 Å². The van der Waals surface area contributed by atoms with Crippen LogP contribution in [-0.4, -0.2) is 58.4 Å². The third-order valence-corrected chi connectivity index (χ3v) is 9.52. The molecule has 8 heteroatoms. The molecular weight excluding hydrogens is 555 g/mol. The van der Waals surface area contributed by atoms with Gasteiger partial charge in [0, 0.05) is 63.5 Å². The van der Waals surface area contributed by atoms with Crippen LogP contribution in [0.5, 0.6) is 0 Å². The van der Waals surface area contributed by atoms with Gasteiger partial charge in [-0.15, -0.1) is 0 Å². The number of carbonyl (C=O) groups is 2. The van der Waals surface area contributed by atoms with Crippen molar-refractivity contribution in [2.24, 2.45) is 5.41 Å². The molecule has 0 radical (unpaired) electrons. The Kier molecular flexibility index (Phi) is 9.12. The van der Waals surface area contributed by atoms with E-state index in [1.54, 1.807) is 24.9 Å². The van der Waals surface area contributed by atoms with Crippen LogP contribution in [0, 0.1) is 25.1 Å². The number of aliphatic carboxylic acids is 1. The molecule has 7 nitrogen and oxygen atoms in total. The minimum Gasteiger partial charge on any atom is -0.481 e. The number of halogens is 1. The maximum Gasteiger partial charge on any atom is 0.307 e. The number of carboxylic acids is 1. The molecule has 0 bridgehead atoms. The molecule has 0 aliphatic carbocycles. The molecule has 2 aliphatic heterocycles. The van der Waals surface area contributed by atoms with E-state index in [1.165, 1.54) is 17.2 Å². The summed E-state index contributed by atoms with van der Waals surface area (Å²) in [5.41, 5.74) is 10.00. The van der Waals surface area contributed by atoms with Crippen molar-refractivity contribution < 1.29 is 19.1 Å². The van der Waals surface area contributed by atoms with Crippen molar-refractivity contribution >= 4 is 17.6 Å². The molecule has 234 valence electrons. The van der Waals surface area contributed by atoms with Gasteiger partial charge in [-0.05, 0) is 78.5 Å². The topological polar surface area (TPSA) is 77.0 Å². The molecule has 3 aromatic rings. The van der Waals surface area contributed by atoms with Gasteiger partial charge >= 0.3 is 5.97 Å². The van der Waals surface area contributed by atoms with Gasteiger partial charge in [-0.1, -0.05) is 38.1 Å². The number of pyridine rings is 1. The first kappa shape index (κ1) is 31.6. The highest BCUT2D eigenvalue weighted by Gasteiger charge is 2.31. The minimum absolute atomic E-state index is 0.0480. The molecule has 1 aromatic heterocycles. The number of hydrogen-bond acceptors (Lipinski definition) is 5. The number of piperidine rings is 1. The van der Waals surface area contributed by atoms with Crippen LogP contribution in [-0.2, 0) is 42.1 Å². The predicted octanol–water partition coefficient (Wildman–Crippen LogP) is 6.29. The van der Waals surface area contributed by atoms with Crippen LogP contribution in [0.15, 0.2) is 36.4 Å². The average molecular weight is 601 g/mol. The zero-order valence-corrected chi connectivity index (χ0v) is 27.0. The normalized spacial score (nSPS) is 16.5. The Morgan fingerprint density at radius 3 is 2.43 bits per heavy atom. The molecule has 2 aromatic carbocycles. The smallest absolute Gasteiger partial charge is 0.307 e. The second kappa shape index (κ2) is 12.7. The summed E-state index contributed by atoms with van der Waals surface area (Å²) in [4.78, 5) is 35.9. The monoisotopic (exact) mass is 600 g/mol. The van der Waals surface area contributed by atoms with Crippen molar-refractivity contribution in [3.8, 4) is 11.1 Å². The molecule has 0 spiro atoms. The lowest BCUT2D eigenvalue weighted by Gasteiger charge is -2.40. The largest absolute Gasteiger partial charge is 0.481 e. The van der Waals surface area contributed by atoms with E-state index in [0.29, 0.717) is 12.2 Å². The number of carbonyl (C=O) groups excluding carboxylic acids is 1. The Labute approximate surface area is 260 Å². The lowest BCUT2D eigenvalue weighted by molar-refractivity contribution is -0.136. The number of carboxylic acid groups (broad SMARTS) is 1. The first-order valence-corrected chi connectivity index (χ1v) is 15.6. The SMILES string of the molecule is CC(=O)N(C)Cc1nc(C)c(CC(=O)O)c(N2CCC(C)(C)CC2)c1-c1ccc2c(c1)CCN(Cc1ccc(F)cc1C)C2. The van der Waals surface area contributed by atoms with Crippen LogP contribution in [0.3, 0.4) is 0 Å². The number of nitrogens with zero attached hydrogens (tertiary/aromatic N) is 4. The van der Waals surface area contributed by atoms with Gasteiger partial charge in [-0.25, -0.2) is 4.39 Å². The van der Waals surface area contributed by atoms with Gasteiger partial charge in [-0.3, -0.25) is 19.5 Å². The fourth-order valence-electron chi connectivity index (χ4n) is 6.57. The van der Waals surface area contributed by atoms with Crippen molar-refractivity contribution in [3.05, 3.63) is 81.4 Å². The van der Waals surface area contributed by atoms with Crippen LogP contribution in [0.1, 0.15) is 72.8 Å². The fraction of sp³-hybridized carbons (Fsp3) is 0.472. The quantitative estimate of drug-likeness (QED) is 0.327. The Morgan fingerprint density at radius 2 is 1.77 bits per heavy atom. The summed E-state index contributed by atoms with van der Waals surface area (Å²) in [7, 11) is 1.78. The fourth-order valence-corrected chi connectivity index (χ4v) is 6.57. The highest BCUT2D eigenvalue weighted by Crippen LogP contribution is 2.43. The summed E-state index contributed by atoms with van der Waals surface area (Å²) in [6, 6.07) is 11.6. The van der Waals surface area contributed by atoms with E-state index in [2.05, 4.69) is 41.8 Å². The summed E-state index contributed by atoms with van der Waals surface area (Å²) in [5.74, 6) is -1.13. The zero-order chi connectivity index (χ0) is 31.8. The molecule has 2 aliphatic rings. The predicted molar refractivity (Wildman–Crippen MR) is 172 cm³/mol. The molecule has 1 N–H and O–H groups in total. The molecular formula is C36H45FN4O3. The first-order valence-electron chi connectivity index (χ1n) is 15.6. The van der Waals surface area contributed by atoms with Gasteiger partial charge in [0.05, 0.1) is 24.3 Å².